The van der Waals surface area contributed by atoms with Gasteiger partial charge in [0, 0.05) is 48.1 Å². The fourth-order valence-electron chi connectivity index (χ4n) is 6.42. The third-order valence-electron chi connectivity index (χ3n) is 8.42. The summed E-state index contributed by atoms with van der Waals surface area (Å²) >= 11 is 0. The number of rotatable bonds is 7. The van der Waals surface area contributed by atoms with E-state index in [1.54, 1.807) is 6.07 Å². The van der Waals surface area contributed by atoms with E-state index in [9.17, 15) is 9.90 Å². The minimum absolute atomic E-state index is 0.0762. The van der Waals surface area contributed by atoms with Gasteiger partial charge in [-0.25, -0.2) is 0 Å². The highest BCUT2D eigenvalue weighted by Crippen LogP contribution is 2.38. The van der Waals surface area contributed by atoms with Crippen molar-refractivity contribution in [3.05, 3.63) is 65.4 Å². The lowest BCUT2D eigenvalue weighted by molar-refractivity contribution is -0.122. The van der Waals surface area contributed by atoms with Gasteiger partial charge in [-0.3, -0.25) is 4.79 Å². The molecule has 3 aromatic rings. The van der Waals surface area contributed by atoms with Crippen LogP contribution in [0, 0.1) is 12.8 Å². The molecule has 36 heavy (non-hydrogen) atoms. The van der Waals surface area contributed by atoms with Crippen LogP contribution in [0.2, 0.25) is 0 Å². The number of nitrogens with zero attached hydrogens (tertiary/aromatic N) is 1. The average Bonchev–Trinajstić information content (AvgIpc) is 3.21. The van der Waals surface area contributed by atoms with E-state index >= 15 is 0 Å². The first-order valence-electron chi connectivity index (χ1n) is 13.9. The molecule has 2 fully saturated rings. The Labute approximate surface area is 215 Å². The second-order valence-electron chi connectivity index (χ2n) is 11.3. The van der Waals surface area contributed by atoms with Crippen molar-refractivity contribution in [2.45, 2.75) is 95.7 Å². The lowest BCUT2D eigenvalue weighted by Gasteiger charge is -2.27. The van der Waals surface area contributed by atoms with E-state index in [1.807, 2.05) is 12.1 Å². The molecule has 1 amide bonds. The molecule has 0 radical (unpaired) electrons. The Bertz CT molecular complexity index is 1190. The SMILES string of the molecule is Cc1cccc(C(CC(=O)N[C@H]2CC[C@H](N)CC2)c2cn(CC3CCCCC3)c3ccc(O)cc23)c1. The number of benzene rings is 2. The number of hydrogen-bond acceptors (Lipinski definition) is 3. The predicted octanol–water partition coefficient (Wildman–Crippen LogP) is 6.14. The molecular formula is C31H41N3O2. The summed E-state index contributed by atoms with van der Waals surface area (Å²) in [5.41, 5.74) is 10.7. The number of aryl methyl sites for hydroxylation is 1. The zero-order valence-electron chi connectivity index (χ0n) is 21.6. The van der Waals surface area contributed by atoms with Crippen LogP contribution in [0.4, 0.5) is 0 Å². The van der Waals surface area contributed by atoms with Crippen LogP contribution in [0.25, 0.3) is 10.9 Å². The summed E-state index contributed by atoms with van der Waals surface area (Å²) in [6.45, 7) is 3.10. The lowest BCUT2D eigenvalue weighted by Crippen LogP contribution is -2.40. The molecule has 0 bridgehead atoms. The van der Waals surface area contributed by atoms with Crippen LogP contribution in [0.15, 0.2) is 48.7 Å². The summed E-state index contributed by atoms with van der Waals surface area (Å²) < 4.78 is 2.38. The standard InChI is InChI=1S/C31H41N3O2/c1-21-6-5-9-23(16-21)27(18-31(36)33-25-12-10-24(32)11-13-25)29-20-34(19-22-7-3-2-4-8-22)30-15-14-26(35)17-28(29)30/h5-6,9,14-17,20,22,24-25,27,35H,2-4,7-8,10-13,18-19,32H2,1H3,(H,33,36)/t24-,25-,27?. The van der Waals surface area contributed by atoms with Crippen molar-refractivity contribution in [3.63, 3.8) is 0 Å². The highest BCUT2D eigenvalue weighted by atomic mass is 16.3. The Balaban J connectivity index is 1.48. The largest absolute Gasteiger partial charge is 0.508 e. The Morgan fingerprint density at radius 2 is 1.83 bits per heavy atom. The molecule has 192 valence electrons. The molecule has 1 atom stereocenters. The molecule has 1 aromatic heterocycles. The molecule has 1 heterocycles. The van der Waals surface area contributed by atoms with E-state index in [-0.39, 0.29) is 29.7 Å². The quantitative estimate of drug-likeness (QED) is 0.374. The van der Waals surface area contributed by atoms with Crippen LogP contribution in [0.1, 0.15) is 86.8 Å². The molecule has 5 heteroatoms. The van der Waals surface area contributed by atoms with Gasteiger partial charge >= 0.3 is 0 Å². The Kier molecular flexibility index (Phi) is 7.66. The molecular weight excluding hydrogens is 446 g/mol. The third kappa shape index (κ3) is 5.78. The molecule has 0 aliphatic heterocycles. The molecule has 4 N–H and O–H groups in total. The predicted molar refractivity (Wildman–Crippen MR) is 146 cm³/mol. The van der Waals surface area contributed by atoms with Crippen molar-refractivity contribution in [2.24, 2.45) is 11.7 Å². The van der Waals surface area contributed by atoms with Crippen LogP contribution >= 0.6 is 0 Å². The van der Waals surface area contributed by atoms with Gasteiger partial charge in [-0.2, -0.15) is 0 Å². The van der Waals surface area contributed by atoms with Gasteiger partial charge in [0.05, 0.1) is 0 Å². The summed E-state index contributed by atoms with van der Waals surface area (Å²) in [5, 5.41) is 14.8. The number of nitrogens with one attached hydrogen (secondary N) is 1. The van der Waals surface area contributed by atoms with Crippen molar-refractivity contribution in [2.75, 3.05) is 0 Å². The van der Waals surface area contributed by atoms with Gasteiger partial charge in [-0.15, -0.1) is 0 Å². The number of nitrogens with two attached hydrogens (primary N) is 1. The minimum atomic E-state index is -0.0762. The fourth-order valence-corrected chi connectivity index (χ4v) is 6.42. The van der Waals surface area contributed by atoms with E-state index in [2.05, 4.69) is 47.3 Å². The maximum atomic E-state index is 13.4. The summed E-state index contributed by atoms with van der Waals surface area (Å²) in [7, 11) is 0. The highest BCUT2D eigenvalue weighted by Gasteiger charge is 2.26. The Morgan fingerprint density at radius 1 is 1.06 bits per heavy atom. The lowest BCUT2D eigenvalue weighted by atomic mass is 9.86. The van der Waals surface area contributed by atoms with Gasteiger partial charge in [-0.1, -0.05) is 49.1 Å². The summed E-state index contributed by atoms with van der Waals surface area (Å²) in [5.74, 6) is 0.975. The van der Waals surface area contributed by atoms with E-state index in [0.29, 0.717) is 12.3 Å². The zero-order valence-corrected chi connectivity index (χ0v) is 21.6. The van der Waals surface area contributed by atoms with Gasteiger partial charge in [-0.05, 0) is 80.7 Å². The average molecular weight is 488 g/mol. The van der Waals surface area contributed by atoms with Crippen LogP contribution in [-0.2, 0) is 11.3 Å². The number of hydrogen-bond donors (Lipinski definition) is 3. The zero-order chi connectivity index (χ0) is 25.1. The second-order valence-corrected chi connectivity index (χ2v) is 11.3. The normalized spacial score (nSPS) is 21.9. The van der Waals surface area contributed by atoms with Gasteiger partial charge in [0.15, 0.2) is 0 Å². The Hall–Kier alpha value is -2.79. The number of phenolic OH excluding ortho intramolecular Hbond substituents is 1. The van der Waals surface area contributed by atoms with Gasteiger partial charge < -0.3 is 20.7 Å². The molecule has 0 spiro atoms. The van der Waals surface area contributed by atoms with Crippen LogP contribution in [0.5, 0.6) is 5.75 Å². The number of carbonyl (C=O) groups is 1. The second kappa shape index (κ2) is 11.1. The number of amides is 1. The van der Waals surface area contributed by atoms with E-state index in [0.717, 1.165) is 54.3 Å². The molecule has 5 rings (SSSR count). The monoisotopic (exact) mass is 487 g/mol. The van der Waals surface area contributed by atoms with E-state index in [1.165, 1.54) is 37.7 Å². The number of aromatic nitrogens is 1. The number of carbonyl (C=O) groups excluding carboxylic acids is 1. The minimum Gasteiger partial charge on any atom is -0.508 e. The van der Waals surface area contributed by atoms with E-state index < -0.39 is 0 Å². The molecule has 0 saturated heterocycles. The first-order valence-corrected chi connectivity index (χ1v) is 13.9. The van der Waals surface area contributed by atoms with Gasteiger partial charge in [0.25, 0.3) is 0 Å². The van der Waals surface area contributed by atoms with Crippen molar-refractivity contribution in [1.29, 1.82) is 0 Å². The topological polar surface area (TPSA) is 80.3 Å². The molecule has 2 saturated carbocycles. The van der Waals surface area contributed by atoms with Crippen molar-refractivity contribution in [1.82, 2.24) is 9.88 Å². The third-order valence-corrected chi connectivity index (χ3v) is 8.42. The van der Waals surface area contributed by atoms with Crippen molar-refractivity contribution >= 4 is 16.8 Å². The fraction of sp³-hybridized carbons (Fsp3) is 0.516. The highest BCUT2D eigenvalue weighted by molar-refractivity contribution is 5.88. The molecule has 5 nitrogen and oxygen atoms in total. The molecule has 2 aliphatic rings. The molecule has 1 unspecified atom stereocenters. The van der Waals surface area contributed by atoms with Crippen molar-refractivity contribution < 1.29 is 9.90 Å². The number of aromatic hydroxyl groups is 1. The van der Waals surface area contributed by atoms with Crippen LogP contribution < -0.4 is 11.1 Å². The maximum absolute atomic E-state index is 13.4. The van der Waals surface area contributed by atoms with Crippen LogP contribution in [-0.4, -0.2) is 27.7 Å². The Morgan fingerprint density at radius 3 is 2.58 bits per heavy atom. The van der Waals surface area contributed by atoms with Crippen molar-refractivity contribution in [3.8, 4) is 5.75 Å². The number of fused-ring (bicyclic) bond motifs is 1. The van der Waals surface area contributed by atoms with E-state index in [4.69, 9.17) is 5.73 Å². The smallest absolute Gasteiger partial charge is 0.221 e. The first kappa shape index (κ1) is 24.9. The maximum Gasteiger partial charge on any atom is 0.221 e. The summed E-state index contributed by atoms with van der Waals surface area (Å²) in [6, 6.07) is 14.7. The van der Waals surface area contributed by atoms with Gasteiger partial charge in [0.1, 0.15) is 5.75 Å². The molecule has 2 aromatic carbocycles. The van der Waals surface area contributed by atoms with Gasteiger partial charge in [0.2, 0.25) is 5.91 Å². The summed E-state index contributed by atoms with van der Waals surface area (Å²) in [4.78, 5) is 13.4. The summed E-state index contributed by atoms with van der Waals surface area (Å²) in [6.07, 6.45) is 13.0. The van der Waals surface area contributed by atoms with Crippen LogP contribution in [0.3, 0.4) is 0 Å². The molecule has 2 aliphatic carbocycles. The first-order chi connectivity index (χ1) is 17.5. The number of phenols is 1.